The topological polar surface area (TPSA) is 38.9 Å². The highest BCUT2D eigenvalue weighted by atomic mass is 35.5. The van der Waals surface area contributed by atoms with Gasteiger partial charge in [-0.05, 0) is 11.4 Å². The van der Waals surface area contributed by atoms with Gasteiger partial charge in [0, 0.05) is 0 Å². The van der Waals surface area contributed by atoms with Crippen LogP contribution in [0.5, 0.6) is 0 Å². The van der Waals surface area contributed by atoms with Crippen LogP contribution < -0.4 is 0 Å². The highest BCUT2D eigenvalue weighted by Crippen LogP contribution is 2.32. The van der Waals surface area contributed by atoms with Crippen molar-refractivity contribution in [1.29, 1.82) is 0 Å². The molecule has 0 aliphatic heterocycles. The molecule has 68 valence electrons. The Morgan fingerprint density at radius 1 is 1.46 bits per heavy atom. The summed E-state index contributed by atoms with van der Waals surface area (Å²) in [4.78, 5) is 0.783. The van der Waals surface area contributed by atoms with Gasteiger partial charge in [-0.1, -0.05) is 11.6 Å². The smallest absolute Gasteiger partial charge is 0.259 e. The van der Waals surface area contributed by atoms with Crippen LogP contribution in [-0.2, 0) is 5.88 Å². The van der Waals surface area contributed by atoms with Gasteiger partial charge in [0.15, 0.2) is 0 Å². The molecular formula is C7H4Cl2N2OS. The fourth-order valence-corrected chi connectivity index (χ4v) is 2.01. The predicted octanol–water partition coefficient (Wildman–Crippen LogP) is 3.19. The van der Waals surface area contributed by atoms with Crippen molar-refractivity contribution >= 4 is 34.5 Å². The number of thiophene rings is 1. The van der Waals surface area contributed by atoms with Crippen molar-refractivity contribution in [3.05, 3.63) is 22.4 Å². The Morgan fingerprint density at radius 3 is 2.85 bits per heavy atom. The SMILES string of the molecule is ClCc1nnc(-c2sccc2Cl)o1. The van der Waals surface area contributed by atoms with Crippen LogP contribution in [0.1, 0.15) is 5.89 Å². The second kappa shape index (κ2) is 3.65. The van der Waals surface area contributed by atoms with E-state index in [4.69, 9.17) is 27.6 Å². The summed E-state index contributed by atoms with van der Waals surface area (Å²) in [6.07, 6.45) is 0. The number of rotatable bonds is 2. The zero-order valence-corrected chi connectivity index (χ0v) is 8.66. The van der Waals surface area contributed by atoms with Gasteiger partial charge < -0.3 is 4.42 Å². The lowest BCUT2D eigenvalue weighted by atomic mass is 10.5. The Bertz CT molecular complexity index is 412. The van der Waals surface area contributed by atoms with Gasteiger partial charge in [-0.15, -0.1) is 33.1 Å². The molecule has 0 fully saturated rings. The monoisotopic (exact) mass is 234 g/mol. The minimum absolute atomic E-state index is 0.218. The Balaban J connectivity index is 2.41. The molecule has 0 aliphatic rings. The molecule has 0 N–H and O–H groups in total. The summed E-state index contributed by atoms with van der Waals surface area (Å²) in [7, 11) is 0. The Labute approximate surface area is 88.3 Å². The maximum atomic E-state index is 5.88. The van der Waals surface area contributed by atoms with Crippen LogP contribution in [0.4, 0.5) is 0 Å². The summed E-state index contributed by atoms with van der Waals surface area (Å²) in [6.45, 7) is 0. The van der Waals surface area contributed by atoms with Crippen LogP contribution in [-0.4, -0.2) is 10.2 Å². The first-order valence-corrected chi connectivity index (χ1v) is 5.22. The standard InChI is InChI=1S/C7H4Cl2N2OS/c8-3-5-10-11-7(12-5)6-4(9)1-2-13-6/h1-2H,3H2. The first-order valence-electron chi connectivity index (χ1n) is 3.43. The lowest BCUT2D eigenvalue weighted by molar-refractivity contribution is 0.528. The Hall–Kier alpha value is -0.580. The predicted molar refractivity (Wildman–Crippen MR) is 52.2 cm³/mol. The Morgan fingerprint density at radius 2 is 2.31 bits per heavy atom. The minimum atomic E-state index is 0.218. The number of aromatic nitrogens is 2. The zero-order valence-electron chi connectivity index (χ0n) is 6.33. The molecular weight excluding hydrogens is 231 g/mol. The molecule has 0 radical (unpaired) electrons. The van der Waals surface area contributed by atoms with Gasteiger partial charge in [0.2, 0.25) is 5.89 Å². The van der Waals surface area contributed by atoms with E-state index >= 15 is 0 Å². The van der Waals surface area contributed by atoms with E-state index in [0.717, 1.165) is 4.88 Å². The fourth-order valence-electron chi connectivity index (χ4n) is 0.846. The lowest BCUT2D eigenvalue weighted by Crippen LogP contribution is -1.74. The maximum absolute atomic E-state index is 5.88. The average Bonchev–Trinajstić information content (AvgIpc) is 2.71. The van der Waals surface area contributed by atoms with Crippen LogP contribution in [0, 0.1) is 0 Å². The van der Waals surface area contributed by atoms with Crippen LogP contribution in [0.3, 0.4) is 0 Å². The van der Waals surface area contributed by atoms with E-state index in [-0.39, 0.29) is 5.88 Å². The van der Waals surface area contributed by atoms with Crippen molar-refractivity contribution in [2.45, 2.75) is 5.88 Å². The summed E-state index contributed by atoms with van der Waals surface area (Å²) in [5.74, 6) is 1.05. The van der Waals surface area contributed by atoms with Gasteiger partial charge in [0.25, 0.3) is 5.89 Å². The molecule has 3 nitrogen and oxygen atoms in total. The molecule has 0 saturated heterocycles. The summed E-state index contributed by atoms with van der Waals surface area (Å²) >= 11 is 12.8. The van der Waals surface area contributed by atoms with Gasteiger partial charge in [-0.25, -0.2) is 0 Å². The Kier molecular flexibility index (Phi) is 2.53. The van der Waals surface area contributed by atoms with E-state index in [0.29, 0.717) is 16.8 Å². The lowest BCUT2D eigenvalue weighted by Gasteiger charge is -1.87. The summed E-state index contributed by atoms with van der Waals surface area (Å²) < 4.78 is 5.23. The van der Waals surface area contributed by atoms with Crippen molar-refractivity contribution in [3.63, 3.8) is 0 Å². The molecule has 0 bridgehead atoms. The van der Waals surface area contributed by atoms with Crippen molar-refractivity contribution < 1.29 is 4.42 Å². The van der Waals surface area contributed by atoms with E-state index < -0.39 is 0 Å². The second-order valence-corrected chi connectivity index (χ2v) is 3.82. The van der Waals surface area contributed by atoms with Crippen molar-refractivity contribution in [2.24, 2.45) is 0 Å². The quantitative estimate of drug-likeness (QED) is 0.750. The molecule has 0 atom stereocenters. The van der Waals surface area contributed by atoms with Crippen LogP contribution in [0.2, 0.25) is 5.02 Å². The van der Waals surface area contributed by atoms with Gasteiger partial charge in [0.05, 0.1) is 5.02 Å². The fraction of sp³-hybridized carbons (Fsp3) is 0.143. The third kappa shape index (κ3) is 1.70. The molecule has 0 unspecified atom stereocenters. The molecule has 13 heavy (non-hydrogen) atoms. The number of hydrogen-bond donors (Lipinski definition) is 0. The third-order valence-electron chi connectivity index (χ3n) is 1.39. The van der Waals surface area contributed by atoms with Crippen molar-refractivity contribution in [1.82, 2.24) is 10.2 Å². The highest BCUT2D eigenvalue weighted by molar-refractivity contribution is 7.14. The molecule has 2 aromatic rings. The van der Waals surface area contributed by atoms with Crippen LogP contribution >= 0.6 is 34.5 Å². The number of hydrogen-bond acceptors (Lipinski definition) is 4. The number of alkyl halides is 1. The number of halogens is 2. The van der Waals surface area contributed by atoms with E-state index in [1.54, 1.807) is 6.07 Å². The van der Waals surface area contributed by atoms with Gasteiger partial charge in [-0.3, -0.25) is 0 Å². The average molecular weight is 235 g/mol. The molecule has 6 heteroatoms. The first kappa shape index (κ1) is 8.99. The highest BCUT2D eigenvalue weighted by Gasteiger charge is 2.12. The number of nitrogens with zero attached hydrogens (tertiary/aromatic N) is 2. The summed E-state index contributed by atoms with van der Waals surface area (Å²) in [5.41, 5.74) is 0. The molecule has 2 heterocycles. The molecule has 2 rings (SSSR count). The minimum Gasteiger partial charge on any atom is -0.419 e. The zero-order chi connectivity index (χ0) is 9.26. The van der Waals surface area contributed by atoms with Gasteiger partial charge >= 0.3 is 0 Å². The summed E-state index contributed by atoms with van der Waals surface area (Å²) in [5, 5.41) is 10.0. The van der Waals surface area contributed by atoms with E-state index in [1.165, 1.54) is 11.3 Å². The normalized spacial score (nSPS) is 10.6. The van der Waals surface area contributed by atoms with Crippen molar-refractivity contribution in [3.8, 4) is 10.8 Å². The molecule has 0 aromatic carbocycles. The largest absolute Gasteiger partial charge is 0.419 e. The maximum Gasteiger partial charge on any atom is 0.259 e. The van der Waals surface area contributed by atoms with Gasteiger partial charge in [-0.2, -0.15) is 0 Å². The second-order valence-electron chi connectivity index (χ2n) is 2.23. The van der Waals surface area contributed by atoms with E-state index in [1.807, 2.05) is 5.38 Å². The molecule has 0 aliphatic carbocycles. The summed E-state index contributed by atoms with van der Waals surface area (Å²) in [6, 6.07) is 1.78. The molecule has 0 amide bonds. The first-order chi connectivity index (χ1) is 6.31. The molecule has 0 spiro atoms. The van der Waals surface area contributed by atoms with Crippen LogP contribution in [0.15, 0.2) is 15.9 Å². The van der Waals surface area contributed by atoms with E-state index in [9.17, 15) is 0 Å². The van der Waals surface area contributed by atoms with E-state index in [2.05, 4.69) is 10.2 Å². The third-order valence-corrected chi connectivity index (χ3v) is 2.95. The van der Waals surface area contributed by atoms with Gasteiger partial charge in [0.1, 0.15) is 10.8 Å². The molecule has 2 aromatic heterocycles. The molecule has 0 saturated carbocycles. The van der Waals surface area contributed by atoms with Crippen LogP contribution in [0.25, 0.3) is 10.8 Å². The van der Waals surface area contributed by atoms with Crippen molar-refractivity contribution in [2.75, 3.05) is 0 Å².